The molecule has 32 heavy (non-hydrogen) atoms. The second-order valence-corrected chi connectivity index (χ2v) is 8.45. The minimum Gasteiger partial charge on any atom is -0.421 e. The number of hydrogen-bond acceptors (Lipinski definition) is 7. The first-order valence-corrected chi connectivity index (χ1v) is 10.8. The van der Waals surface area contributed by atoms with Crippen molar-refractivity contribution in [3.05, 3.63) is 30.1 Å². The quantitative estimate of drug-likeness (QED) is 0.696. The van der Waals surface area contributed by atoms with E-state index in [2.05, 4.69) is 15.9 Å². The van der Waals surface area contributed by atoms with E-state index in [1.54, 1.807) is 13.1 Å². The summed E-state index contributed by atoms with van der Waals surface area (Å²) in [5.74, 6) is -0.698. The smallest absolute Gasteiger partial charge is 0.417 e. The van der Waals surface area contributed by atoms with Crippen LogP contribution >= 0.6 is 0 Å². The number of anilines is 1. The molecule has 3 aliphatic rings. The fraction of sp³-hybridized carbons (Fsp3) is 0.591. The van der Waals surface area contributed by atoms with E-state index in [0.717, 1.165) is 0 Å². The van der Waals surface area contributed by atoms with E-state index in [-0.39, 0.29) is 5.91 Å². The van der Waals surface area contributed by atoms with Gasteiger partial charge >= 0.3 is 6.09 Å². The third-order valence-corrected chi connectivity index (χ3v) is 6.72. The summed E-state index contributed by atoms with van der Waals surface area (Å²) in [6, 6.07) is 8.29. The van der Waals surface area contributed by atoms with Crippen LogP contribution in [0.4, 0.5) is 14.9 Å². The number of amides is 2. The van der Waals surface area contributed by atoms with Gasteiger partial charge in [-0.05, 0) is 18.2 Å². The summed E-state index contributed by atoms with van der Waals surface area (Å²) in [4.78, 5) is 32.0. The molecule has 0 N–H and O–H groups in total. The molecule has 3 fully saturated rings. The molecule has 10 heteroatoms. The Balaban J connectivity index is 1.58. The first-order valence-electron chi connectivity index (χ1n) is 10.8. The number of ether oxygens (including phenoxy) is 2. The van der Waals surface area contributed by atoms with Crippen molar-refractivity contribution in [1.82, 2.24) is 14.7 Å². The Labute approximate surface area is 186 Å². The topological polar surface area (TPSA) is 89.4 Å². The number of piperazine rings is 1. The van der Waals surface area contributed by atoms with Gasteiger partial charge in [0.05, 0.1) is 11.8 Å². The minimum atomic E-state index is -0.831. The molecule has 9 nitrogen and oxygen atoms in total. The number of carbonyl (C=O) groups is 2. The molecular weight excluding hydrogens is 417 g/mol. The van der Waals surface area contributed by atoms with E-state index in [4.69, 9.17) is 9.47 Å². The third kappa shape index (κ3) is 4.03. The normalized spacial score (nSPS) is 26.4. The molecule has 2 amide bonds. The molecule has 2 atom stereocenters. The zero-order valence-electron chi connectivity index (χ0n) is 18.4. The number of benzene rings is 1. The highest BCUT2D eigenvalue weighted by atomic mass is 19.1. The van der Waals surface area contributed by atoms with Crippen molar-refractivity contribution in [1.29, 1.82) is 5.26 Å². The summed E-state index contributed by atoms with van der Waals surface area (Å²) in [7, 11) is 1.59. The Hall–Kier alpha value is -2.74. The molecule has 4 rings (SSSR count). The molecule has 0 aliphatic carbocycles. The number of nitrogens with zero attached hydrogens (tertiary/aromatic N) is 5. The molecule has 1 aromatic carbocycles. The highest BCUT2D eigenvalue weighted by molar-refractivity contribution is 5.91. The maximum Gasteiger partial charge on any atom is 0.417 e. The van der Waals surface area contributed by atoms with E-state index in [9.17, 15) is 19.2 Å². The molecule has 0 saturated carbocycles. The van der Waals surface area contributed by atoms with Gasteiger partial charge in [-0.15, -0.1) is 0 Å². The standard InChI is InChI=1S/C22H28FN5O4/c1-16(29)25(2)20-19(28(21(30)32-20)18-5-3-4-17(23)14-18)26-8-10-27(11-9-26)22(15-24)6-12-31-13-7-22/h3-5,14,19-20H,6-13H2,1-2H3. The van der Waals surface area contributed by atoms with Crippen molar-refractivity contribution in [3.8, 4) is 6.07 Å². The van der Waals surface area contributed by atoms with Crippen molar-refractivity contribution >= 4 is 17.7 Å². The molecule has 0 spiro atoms. The van der Waals surface area contributed by atoms with Crippen LogP contribution in [0.2, 0.25) is 0 Å². The van der Waals surface area contributed by atoms with Gasteiger partial charge in [-0.1, -0.05) is 6.07 Å². The molecule has 0 bridgehead atoms. The van der Waals surface area contributed by atoms with Gasteiger partial charge in [0.1, 0.15) is 11.4 Å². The Bertz CT molecular complexity index is 908. The lowest BCUT2D eigenvalue weighted by molar-refractivity contribution is -0.138. The number of halogens is 1. The van der Waals surface area contributed by atoms with Crippen molar-refractivity contribution in [2.24, 2.45) is 0 Å². The highest BCUT2D eigenvalue weighted by Gasteiger charge is 2.50. The summed E-state index contributed by atoms with van der Waals surface area (Å²) in [5.41, 5.74) is -0.163. The molecule has 1 aromatic rings. The monoisotopic (exact) mass is 445 g/mol. The highest BCUT2D eigenvalue weighted by Crippen LogP contribution is 2.33. The van der Waals surface area contributed by atoms with Crippen molar-refractivity contribution in [2.45, 2.75) is 37.7 Å². The zero-order valence-corrected chi connectivity index (χ0v) is 18.4. The summed E-state index contributed by atoms with van der Waals surface area (Å²) in [5, 5.41) is 9.89. The van der Waals surface area contributed by atoms with E-state index in [1.807, 2.05) is 0 Å². The molecule has 0 radical (unpaired) electrons. The fourth-order valence-electron chi connectivity index (χ4n) is 4.76. The molecule has 172 valence electrons. The maximum atomic E-state index is 13.9. The lowest BCUT2D eigenvalue weighted by Gasteiger charge is -2.47. The number of cyclic esters (lactones) is 1. The van der Waals surface area contributed by atoms with Crippen LogP contribution in [0, 0.1) is 17.1 Å². The van der Waals surface area contributed by atoms with E-state index in [1.165, 1.54) is 34.9 Å². The van der Waals surface area contributed by atoms with Crippen molar-refractivity contribution in [3.63, 3.8) is 0 Å². The van der Waals surface area contributed by atoms with Gasteiger partial charge in [0.15, 0.2) is 6.17 Å². The predicted octanol–water partition coefficient (Wildman–Crippen LogP) is 1.60. The molecular formula is C22H28FN5O4. The molecule has 3 heterocycles. The van der Waals surface area contributed by atoms with Crippen LogP contribution in [0.3, 0.4) is 0 Å². The van der Waals surface area contributed by atoms with Gasteiger partial charge < -0.3 is 14.4 Å². The second-order valence-electron chi connectivity index (χ2n) is 8.45. The maximum absolute atomic E-state index is 13.9. The molecule has 2 unspecified atom stereocenters. The van der Waals surface area contributed by atoms with Crippen molar-refractivity contribution < 1.29 is 23.5 Å². The summed E-state index contributed by atoms with van der Waals surface area (Å²) < 4.78 is 25.0. The summed E-state index contributed by atoms with van der Waals surface area (Å²) in [6.07, 6.45) is -0.728. The molecule has 3 aliphatic heterocycles. The first-order chi connectivity index (χ1) is 15.4. The lowest BCUT2D eigenvalue weighted by Crippen LogP contribution is -2.64. The van der Waals surface area contributed by atoms with E-state index < -0.39 is 29.8 Å². The van der Waals surface area contributed by atoms with Gasteiger partial charge in [0.25, 0.3) is 0 Å². The minimum absolute atomic E-state index is 0.238. The third-order valence-electron chi connectivity index (χ3n) is 6.72. The summed E-state index contributed by atoms with van der Waals surface area (Å²) in [6.45, 7) is 4.95. The van der Waals surface area contributed by atoms with E-state index >= 15 is 0 Å². The average Bonchev–Trinajstić information content (AvgIpc) is 3.16. The lowest BCUT2D eigenvalue weighted by atomic mass is 9.89. The SMILES string of the molecule is CC(=O)N(C)C1OC(=O)N(c2cccc(F)c2)C1N1CCN(C2(C#N)CCOCC2)CC1. The van der Waals surface area contributed by atoms with Gasteiger partial charge in [-0.3, -0.25) is 19.5 Å². The van der Waals surface area contributed by atoms with Crippen LogP contribution in [-0.2, 0) is 14.3 Å². The van der Waals surface area contributed by atoms with Gasteiger partial charge in [0, 0.05) is 66.2 Å². The Morgan fingerprint density at radius 3 is 2.53 bits per heavy atom. The number of hydrogen-bond donors (Lipinski definition) is 0. The fourth-order valence-corrected chi connectivity index (χ4v) is 4.76. The zero-order chi connectivity index (χ0) is 22.9. The number of carbonyl (C=O) groups excluding carboxylic acids is 2. The van der Waals surface area contributed by atoms with Gasteiger partial charge in [-0.25, -0.2) is 9.18 Å². The largest absolute Gasteiger partial charge is 0.421 e. The Morgan fingerprint density at radius 1 is 1.25 bits per heavy atom. The van der Waals surface area contributed by atoms with Crippen LogP contribution in [0.5, 0.6) is 0 Å². The summed E-state index contributed by atoms with van der Waals surface area (Å²) >= 11 is 0. The van der Waals surface area contributed by atoms with Crippen LogP contribution in [0.25, 0.3) is 0 Å². The second kappa shape index (κ2) is 9.02. The number of likely N-dealkylation sites (N-methyl/N-ethyl adjacent to an activating group) is 1. The van der Waals surface area contributed by atoms with Gasteiger partial charge in [-0.2, -0.15) is 5.26 Å². The van der Waals surface area contributed by atoms with Crippen LogP contribution in [0.1, 0.15) is 19.8 Å². The Kier molecular flexibility index (Phi) is 6.33. The van der Waals surface area contributed by atoms with Crippen LogP contribution < -0.4 is 4.90 Å². The Morgan fingerprint density at radius 2 is 1.94 bits per heavy atom. The first kappa shape index (κ1) is 22.5. The average molecular weight is 445 g/mol. The molecule has 0 aromatic heterocycles. The van der Waals surface area contributed by atoms with Crippen LogP contribution in [0.15, 0.2) is 24.3 Å². The van der Waals surface area contributed by atoms with Crippen molar-refractivity contribution in [2.75, 3.05) is 51.3 Å². The predicted molar refractivity (Wildman–Crippen MR) is 113 cm³/mol. The number of rotatable bonds is 4. The number of nitriles is 1. The van der Waals surface area contributed by atoms with Gasteiger partial charge in [0.2, 0.25) is 12.1 Å². The van der Waals surface area contributed by atoms with Crippen LogP contribution in [-0.4, -0.2) is 91.1 Å². The molecule has 3 saturated heterocycles. The van der Waals surface area contributed by atoms with E-state index in [0.29, 0.717) is 57.9 Å².